The summed E-state index contributed by atoms with van der Waals surface area (Å²) in [5, 5.41) is 88.3. The second-order valence-electron chi connectivity index (χ2n) is 23.6. The van der Waals surface area contributed by atoms with Crippen LogP contribution in [-0.4, -0.2) is 147 Å². The molecule has 5 unspecified atom stereocenters. The van der Waals surface area contributed by atoms with E-state index in [0.29, 0.717) is 68.5 Å². The molecule has 0 spiro atoms. The first kappa shape index (κ1) is 70.3. The SMILES string of the molecule is CCCC1O[C@@H]2C[C@H]3[C@@H]4CCC5=CC(=O)C=C[C@]5(C)[C@H]4[C@@H](O)C[C@]3(C)[C@]2(C(=O)CO)O1.COc1ccc(CC(C)NCC(O)c2ccc(O)c(NC=O)c2)cc1.COc1ccc(CC(C)NCC(O)c2ccc(O)c(NC=O)c2)cc1.O=C(O)/C=C/C(=O)O. The molecule has 2 amide bonds. The number of aromatic hydroxyl groups is 2. The Morgan fingerprint density at radius 1 is 0.764 bits per heavy atom. The standard InChI is InChI=1S/C25H34O6.2C19H24N2O4.C4H4O4/c1-4-5-21-30-20-11-17-16-7-6-14-10-15(27)8-9-23(14,2)22(16)18(28)12-24(17,3)25(20,31-21)19(29)13-26;2*1-13(9-14-3-6-16(25-2)7-4-14)20-11-19(24)15-5-8-18(23)17(10-15)21-12-22;5-3(6)1-2-4(7)8/h8-10,16-18,20-22,26,28H,4-7,11-13H2,1-3H3;2*3-8,10,12-13,19-20,23-24H,9,11H2,1-2H3,(H,21,22);1-2H,(H,5,6)(H,7,8)/b;;;2-1+/t16-,17-,18-,20+,21?,22+,23-,24-,25+;;;/m0.../s1. The van der Waals surface area contributed by atoms with E-state index in [4.69, 9.17) is 29.2 Å². The number of carbonyl (C=O) groups excluding carboxylic acids is 4. The lowest BCUT2D eigenvalue weighted by molar-refractivity contribution is -0.200. The van der Waals surface area contributed by atoms with E-state index in [2.05, 4.69) is 42.0 Å². The van der Waals surface area contributed by atoms with Crippen LogP contribution in [-0.2, 0) is 51.1 Å². The number of carboxylic acid groups (broad SMARTS) is 2. The maximum absolute atomic E-state index is 13.2. The van der Waals surface area contributed by atoms with Crippen LogP contribution in [0.15, 0.2) is 121 Å². The van der Waals surface area contributed by atoms with Crippen LogP contribution in [0.3, 0.4) is 0 Å². The molecular formula is C67H86N4O18. The third-order valence-electron chi connectivity index (χ3n) is 17.7. The number of ketones is 2. The molecule has 4 aromatic rings. The topological polar surface area (TPSA) is 349 Å². The van der Waals surface area contributed by atoms with Crippen molar-refractivity contribution in [2.75, 3.05) is 44.5 Å². The Bertz CT molecular complexity index is 3020. The maximum Gasteiger partial charge on any atom is 0.328 e. The zero-order valence-electron chi connectivity index (χ0n) is 51.3. The molecule has 4 aliphatic carbocycles. The van der Waals surface area contributed by atoms with Gasteiger partial charge in [0.1, 0.15) is 29.6 Å². The Morgan fingerprint density at radius 2 is 1.26 bits per heavy atom. The molecule has 4 fully saturated rings. The van der Waals surface area contributed by atoms with Gasteiger partial charge in [0.15, 0.2) is 23.5 Å². The summed E-state index contributed by atoms with van der Waals surface area (Å²) in [6.45, 7) is 10.5. The van der Waals surface area contributed by atoms with Gasteiger partial charge < -0.3 is 81.1 Å². The van der Waals surface area contributed by atoms with Crippen molar-refractivity contribution in [1.82, 2.24) is 10.6 Å². The minimum atomic E-state index is -1.26. The number of aliphatic carboxylic acids is 2. The summed E-state index contributed by atoms with van der Waals surface area (Å²) in [6.07, 6.45) is 10.6. The van der Waals surface area contributed by atoms with Crippen molar-refractivity contribution in [3.63, 3.8) is 0 Å². The number of rotatable bonds is 24. The molecule has 89 heavy (non-hydrogen) atoms. The van der Waals surface area contributed by atoms with E-state index in [1.54, 1.807) is 50.6 Å². The maximum atomic E-state index is 13.2. The number of methoxy groups -OCH3 is 2. The molecule has 4 aromatic carbocycles. The number of aliphatic hydroxyl groups is 4. The van der Waals surface area contributed by atoms with Crippen LogP contribution in [0, 0.1) is 28.6 Å². The second kappa shape index (κ2) is 32.1. The fourth-order valence-corrected chi connectivity index (χ4v) is 13.4. The van der Waals surface area contributed by atoms with Gasteiger partial charge in [-0.15, -0.1) is 0 Å². The molecule has 9 rings (SSSR count). The zero-order chi connectivity index (χ0) is 65.2. The lowest BCUT2D eigenvalue weighted by Gasteiger charge is -2.59. The molecule has 1 heterocycles. The minimum Gasteiger partial charge on any atom is -0.506 e. The number of carbonyl (C=O) groups is 6. The number of allylic oxidation sites excluding steroid dienone is 4. The smallest absolute Gasteiger partial charge is 0.328 e. The Balaban J connectivity index is 0.000000202. The number of nitrogens with one attached hydrogen (secondary N) is 4. The van der Waals surface area contributed by atoms with Crippen molar-refractivity contribution in [1.29, 1.82) is 0 Å². The molecule has 3 saturated carbocycles. The van der Waals surface area contributed by atoms with E-state index in [1.807, 2.05) is 68.5 Å². The van der Waals surface area contributed by atoms with Crippen LogP contribution in [0.25, 0.3) is 0 Å². The molecule has 1 aliphatic heterocycles. The third-order valence-corrected chi connectivity index (χ3v) is 17.7. The first-order chi connectivity index (χ1) is 42.4. The quantitative estimate of drug-likeness (QED) is 0.0193. The van der Waals surface area contributed by atoms with E-state index >= 15 is 0 Å². The molecule has 1 saturated heterocycles. The van der Waals surface area contributed by atoms with E-state index in [-0.39, 0.29) is 69.7 Å². The van der Waals surface area contributed by atoms with Crippen molar-refractivity contribution < 1.29 is 88.6 Å². The number of anilines is 2. The largest absolute Gasteiger partial charge is 0.506 e. The number of phenolic OH excluding ortho intramolecular Hbond substituents is 2. The van der Waals surface area contributed by atoms with Crippen LogP contribution in [0.5, 0.6) is 23.0 Å². The number of aliphatic hydroxyl groups excluding tert-OH is 4. The van der Waals surface area contributed by atoms with Gasteiger partial charge in [0.2, 0.25) is 12.8 Å². The van der Waals surface area contributed by atoms with Crippen molar-refractivity contribution >= 4 is 47.7 Å². The molecule has 0 radical (unpaired) electrons. The van der Waals surface area contributed by atoms with Crippen molar-refractivity contribution in [3.05, 3.63) is 143 Å². The highest BCUT2D eigenvalue weighted by Crippen LogP contribution is 2.69. The Morgan fingerprint density at radius 3 is 1.70 bits per heavy atom. The predicted octanol–water partition coefficient (Wildman–Crippen LogP) is 6.88. The monoisotopic (exact) mass is 1230 g/mol. The molecule has 0 bridgehead atoms. The highest BCUT2D eigenvalue weighted by atomic mass is 16.7. The van der Waals surface area contributed by atoms with E-state index in [9.17, 15) is 59.4 Å². The highest BCUT2D eigenvalue weighted by Gasteiger charge is 2.75. The van der Waals surface area contributed by atoms with Crippen molar-refractivity contribution in [3.8, 4) is 23.0 Å². The number of hydrogen-bond donors (Lipinski definition) is 12. The molecular weight excluding hydrogens is 1150 g/mol. The summed E-state index contributed by atoms with van der Waals surface area (Å²) >= 11 is 0. The second-order valence-corrected chi connectivity index (χ2v) is 23.6. The normalized spacial score (nSPS) is 25.7. The predicted molar refractivity (Wildman–Crippen MR) is 331 cm³/mol. The van der Waals surface area contributed by atoms with Gasteiger partial charge in [-0.25, -0.2) is 9.59 Å². The number of amides is 2. The fourth-order valence-electron chi connectivity index (χ4n) is 13.4. The highest BCUT2D eigenvalue weighted by molar-refractivity contribution is 6.01. The summed E-state index contributed by atoms with van der Waals surface area (Å²) in [6, 6.07) is 25.4. The average molecular weight is 1240 g/mol. The molecule has 0 aromatic heterocycles. The van der Waals surface area contributed by atoms with Gasteiger partial charge >= 0.3 is 11.9 Å². The van der Waals surface area contributed by atoms with Gasteiger partial charge in [0.05, 0.1) is 50.0 Å². The van der Waals surface area contributed by atoms with E-state index in [1.165, 1.54) is 23.3 Å². The molecule has 22 nitrogen and oxygen atoms in total. The van der Waals surface area contributed by atoms with Gasteiger partial charge in [-0.2, -0.15) is 0 Å². The summed E-state index contributed by atoms with van der Waals surface area (Å²) in [5.74, 6) is -0.911. The summed E-state index contributed by atoms with van der Waals surface area (Å²) in [5.41, 5.74) is 3.09. The number of hydrogen-bond acceptors (Lipinski definition) is 18. The molecule has 12 N–H and O–H groups in total. The number of benzene rings is 4. The van der Waals surface area contributed by atoms with Crippen LogP contribution in [0.1, 0.15) is 108 Å². The molecule has 22 heteroatoms. The number of ether oxygens (including phenoxy) is 4. The lowest BCUT2D eigenvalue weighted by Crippen LogP contribution is -2.63. The van der Waals surface area contributed by atoms with Gasteiger partial charge in [0.25, 0.3) is 0 Å². The van der Waals surface area contributed by atoms with Gasteiger partial charge in [-0.3, -0.25) is 19.2 Å². The van der Waals surface area contributed by atoms with Crippen LogP contribution < -0.4 is 30.7 Å². The summed E-state index contributed by atoms with van der Waals surface area (Å²) in [4.78, 5) is 65.4. The first-order valence-electron chi connectivity index (χ1n) is 29.8. The van der Waals surface area contributed by atoms with Crippen molar-refractivity contribution in [2.45, 2.75) is 134 Å². The van der Waals surface area contributed by atoms with Gasteiger partial charge in [0, 0.05) is 54.1 Å². The summed E-state index contributed by atoms with van der Waals surface area (Å²) in [7, 11) is 3.28. The van der Waals surface area contributed by atoms with E-state index in [0.717, 1.165) is 49.2 Å². The van der Waals surface area contributed by atoms with Crippen LogP contribution in [0.4, 0.5) is 11.4 Å². The number of phenols is 2. The average Bonchev–Trinajstić information content (AvgIpc) is 1.55. The Hall–Kier alpha value is -7.80. The Kier molecular flexibility index (Phi) is 25.3. The lowest BCUT2D eigenvalue weighted by atomic mass is 9.46. The van der Waals surface area contributed by atoms with E-state index < -0.39 is 60.3 Å². The van der Waals surface area contributed by atoms with Crippen LogP contribution in [0.2, 0.25) is 0 Å². The third kappa shape index (κ3) is 17.3. The number of fused-ring (bicyclic) bond motifs is 7. The molecule has 482 valence electrons. The van der Waals surface area contributed by atoms with Crippen LogP contribution >= 0.6 is 0 Å². The van der Waals surface area contributed by atoms with Gasteiger partial charge in [-0.1, -0.05) is 75.2 Å². The molecule has 13 atom stereocenters. The fraction of sp³-hybridized carbons (Fsp3) is 0.463. The number of Topliss-reactive ketones (excluding diaryl/α,β-unsaturated/α-hetero) is 1. The van der Waals surface area contributed by atoms with Crippen molar-refractivity contribution in [2.24, 2.45) is 28.6 Å². The summed E-state index contributed by atoms with van der Waals surface area (Å²) < 4.78 is 23.0. The first-order valence-corrected chi connectivity index (χ1v) is 29.8. The van der Waals surface area contributed by atoms with Gasteiger partial charge in [-0.05, 0) is 154 Å². The Labute approximate surface area is 518 Å². The number of carboxylic acids is 2. The minimum absolute atomic E-state index is 0.0125. The molecule has 5 aliphatic rings. The zero-order valence-corrected chi connectivity index (χ0v) is 51.3.